The standard InChI is InChI=1S/C11H14N2O3/c1-6-2-3-7(11(13)10(6)12)4-8(14)5-9(15)16/h2-3H,4-5,12-13H2,1H3,(H,15,16). The van der Waals surface area contributed by atoms with Gasteiger partial charge in [0.05, 0.1) is 11.4 Å². The van der Waals surface area contributed by atoms with Crippen molar-refractivity contribution in [2.75, 3.05) is 11.5 Å². The van der Waals surface area contributed by atoms with E-state index in [1.54, 1.807) is 12.1 Å². The van der Waals surface area contributed by atoms with Gasteiger partial charge in [-0.25, -0.2) is 0 Å². The highest BCUT2D eigenvalue weighted by Crippen LogP contribution is 2.24. The Morgan fingerprint density at radius 3 is 2.44 bits per heavy atom. The van der Waals surface area contributed by atoms with Crippen LogP contribution in [-0.4, -0.2) is 16.9 Å². The molecule has 5 heteroatoms. The average molecular weight is 222 g/mol. The summed E-state index contributed by atoms with van der Waals surface area (Å²) < 4.78 is 0. The number of nitrogens with two attached hydrogens (primary N) is 2. The van der Waals surface area contributed by atoms with E-state index in [4.69, 9.17) is 16.6 Å². The monoisotopic (exact) mass is 222 g/mol. The number of hydrogen-bond acceptors (Lipinski definition) is 4. The van der Waals surface area contributed by atoms with E-state index in [-0.39, 0.29) is 12.2 Å². The Bertz CT molecular complexity index is 441. The summed E-state index contributed by atoms with van der Waals surface area (Å²) in [5.41, 5.74) is 13.7. The van der Waals surface area contributed by atoms with E-state index >= 15 is 0 Å². The first-order chi connectivity index (χ1) is 7.41. The van der Waals surface area contributed by atoms with Crippen LogP contribution in [0, 0.1) is 6.92 Å². The molecule has 0 fully saturated rings. The van der Waals surface area contributed by atoms with Crippen LogP contribution in [0.25, 0.3) is 0 Å². The first-order valence-electron chi connectivity index (χ1n) is 4.78. The quantitative estimate of drug-likeness (QED) is 0.514. The second kappa shape index (κ2) is 4.65. The van der Waals surface area contributed by atoms with Crippen LogP contribution in [0.15, 0.2) is 12.1 Å². The van der Waals surface area contributed by atoms with Crippen LogP contribution in [-0.2, 0) is 16.0 Å². The SMILES string of the molecule is Cc1ccc(CC(=O)CC(=O)O)c(N)c1N. The number of aryl methyl sites for hydroxylation is 1. The number of rotatable bonds is 4. The van der Waals surface area contributed by atoms with Crippen LogP contribution in [0.3, 0.4) is 0 Å². The second-order valence-electron chi connectivity index (χ2n) is 3.65. The number of carbonyl (C=O) groups excluding carboxylic acids is 1. The highest BCUT2D eigenvalue weighted by molar-refractivity contribution is 5.96. The van der Waals surface area contributed by atoms with Crippen LogP contribution in [0.4, 0.5) is 11.4 Å². The van der Waals surface area contributed by atoms with Gasteiger partial charge in [-0.05, 0) is 18.1 Å². The molecule has 86 valence electrons. The Morgan fingerprint density at radius 1 is 1.25 bits per heavy atom. The van der Waals surface area contributed by atoms with Crippen molar-refractivity contribution in [2.24, 2.45) is 0 Å². The van der Waals surface area contributed by atoms with Gasteiger partial charge in [0.25, 0.3) is 0 Å². The lowest BCUT2D eigenvalue weighted by Gasteiger charge is -2.09. The zero-order valence-corrected chi connectivity index (χ0v) is 8.99. The molecule has 1 aromatic carbocycles. The molecule has 0 aliphatic rings. The number of carboxylic acids is 1. The predicted octanol–water partition coefficient (Wildman–Crippen LogP) is 0.746. The number of nitrogen functional groups attached to an aromatic ring is 2. The molecule has 0 heterocycles. The van der Waals surface area contributed by atoms with Gasteiger partial charge in [0.1, 0.15) is 12.2 Å². The van der Waals surface area contributed by atoms with Gasteiger partial charge in [0.2, 0.25) is 0 Å². The molecule has 16 heavy (non-hydrogen) atoms. The molecule has 0 spiro atoms. The zero-order chi connectivity index (χ0) is 12.3. The minimum atomic E-state index is -1.14. The summed E-state index contributed by atoms with van der Waals surface area (Å²) in [6.45, 7) is 1.81. The summed E-state index contributed by atoms with van der Waals surface area (Å²) in [4.78, 5) is 21.6. The third kappa shape index (κ3) is 2.73. The topological polar surface area (TPSA) is 106 Å². The molecule has 0 aromatic heterocycles. The number of carbonyl (C=O) groups is 2. The van der Waals surface area contributed by atoms with Crippen molar-refractivity contribution >= 4 is 23.1 Å². The van der Waals surface area contributed by atoms with Crippen LogP contribution in [0.1, 0.15) is 17.5 Å². The van der Waals surface area contributed by atoms with Gasteiger partial charge >= 0.3 is 5.97 Å². The molecule has 0 saturated carbocycles. The van der Waals surface area contributed by atoms with Crippen LogP contribution >= 0.6 is 0 Å². The van der Waals surface area contributed by atoms with Crippen LogP contribution in [0.5, 0.6) is 0 Å². The van der Waals surface area contributed by atoms with E-state index < -0.39 is 12.4 Å². The Labute approximate surface area is 93.1 Å². The number of carboxylic acid groups (broad SMARTS) is 1. The Hall–Kier alpha value is -2.04. The van der Waals surface area contributed by atoms with E-state index in [9.17, 15) is 9.59 Å². The first-order valence-corrected chi connectivity index (χ1v) is 4.78. The summed E-state index contributed by atoms with van der Waals surface area (Å²) >= 11 is 0. The van der Waals surface area contributed by atoms with E-state index in [1.165, 1.54) is 0 Å². The Balaban J connectivity index is 2.86. The lowest BCUT2D eigenvalue weighted by atomic mass is 10.0. The van der Waals surface area contributed by atoms with Crippen molar-refractivity contribution < 1.29 is 14.7 Å². The van der Waals surface area contributed by atoms with Crippen LogP contribution in [0.2, 0.25) is 0 Å². The molecule has 0 atom stereocenters. The number of benzene rings is 1. The minimum absolute atomic E-state index is 0.00259. The zero-order valence-electron chi connectivity index (χ0n) is 8.99. The van der Waals surface area contributed by atoms with E-state index in [0.29, 0.717) is 16.9 Å². The van der Waals surface area contributed by atoms with Gasteiger partial charge in [-0.15, -0.1) is 0 Å². The van der Waals surface area contributed by atoms with Gasteiger partial charge in [-0.3, -0.25) is 9.59 Å². The van der Waals surface area contributed by atoms with E-state index in [0.717, 1.165) is 5.56 Å². The molecule has 0 aliphatic heterocycles. The fourth-order valence-electron chi connectivity index (χ4n) is 1.39. The Morgan fingerprint density at radius 2 is 1.88 bits per heavy atom. The third-order valence-electron chi connectivity index (χ3n) is 2.33. The lowest BCUT2D eigenvalue weighted by molar-refractivity contribution is -0.140. The summed E-state index contributed by atoms with van der Waals surface area (Å²) in [7, 11) is 0. The molecule has 0 aliphatic carbocycles. The molecule has 1 aromatic rings. The lowest BCUT2D eigenvalue weighted by Crippen LogP contribution is -2.11. The maximum absolute atomic E-state index is 11.3. The average Bonchev–Trinajstić information content (AvgIpc) is 2.18. The number of Topliss-reactive ketones (excluding diaryl/α,β-unsaturated/α-hetero) is 1. The molecule has 1 rings (SSSR count). The number of ketones is 1. The third-order valence-corrected chi connectivity index (χ3v) is 2.33. The Kier molecular flexibility index (Phi) is 3.50. The van der Waals surface area contributed by atoms with Gasteiger partial charge in [-0.2, -0.15) is 0 Å². The molecule has 0 bridgehead atoms. The van der Waals surface area contributed by atoms with Gasteiger partial charge in [0, 0.05) is 6.42 Å². The maximum Gasteiger partial charge on any atom is 0.310 e. The van der Waals surface area contributed by atoms with Gasteiger partial charge < -0.3 is 16.6 Å². The molecular formula is C11H14N2O3. The predicted molar refractivity (Wildman–Crippen MR) is 61.0 cm³/mol. The van der Waals surface area contributed by atoms with Crippen LogP contribution < -0.4 is 11.5 Å². The molecule has 0 amide bonds. The van der Waals surface area contributed by atoms with E-state index in [2.05, 4.69) is 0 Å². The molecule has 0 unspecified atom stereocenters. The number of aliphatic carboxylic acids is 1. The smallest absolute Gasteiger partial charge is 0.310 e. The van der Waals surface area contributed by atoms with E-state index in [1.807, 2.05) is 6.92 Å². The summed E-state index contributed by atoms with van der Waals surface area (Å²) in [5.74, 6) is -1.52. The molecule has 0 saturated heterocycles. The molecule has 0 radical (unpaired) electrons. The van der Waals surface area contributed by atoms with Gasteiger partial charge in [0.15, 0.2) is 0 Å². The van der Waals surface area contributed by atoms with Crippen molar-refractivity contribution in [3.8, 4) is 0 Å². The largest absolute Gasteiger partial charge is 0.481 e. The fraction of sp³-hybridized carbons (Fsp3) is 0.273. The van der Waals surface area contributed by atoms with Crippen molar-refractivity contribution in [3.05, 3.63) is 23.3 Å². The molecule has 5 nitrogen and oxygen atoms in total. The fourth-order valence-corrected chi connectivity index (χ4v) is 1.39. The number of anilines is 2. The first kappa shape index (κ1) is 12.0. The second-order valence-corrected chi connectivity index (χ2v) is 3.65. The normalized spacial score (nSPS) is 10.1. The summed E-state index contributed by atoms with van der Waals surface area (Å²) in [6.07, 6.45) is -0.490. The van der Waals surface area contributed by atoms with Crippen molar-refractivity contribution in [3.63, 3.8) is 0 Å². The maximum atomic E-state index is 11.3. The number of hydrogen-bond donors (Lipinski definition) is 3. The summed E-state index contributed by atoms with van der Waals surface area (Å²) in [5, 5.41) is 8.45. The summed E-state index contributed by atoms with van der Waals surface area (Å²) in [6, 6.07) is 3.45. The van der Waals surface area contributed by atoms with Gasteiger partial charge in [-0.1, -0.05) is 12.1 Å². The van der Waals surface area contributed by atoms with Crippen molar-refractivity contribution in [2.45, 2.75) is 19.8 Å². The minimum Gasteiger partial charge on any atom is -0.481 e. The van der Waals surface area contributed by atoms with Crippen molar-refractivity contribution in [1.29, 1.82) is 0 Å². The molecule has 5 N–H and O–H groups in total. The van der Waals surface area contributed by atoms with Crippen molar-refractivity contribution in [1.82, 2.24) is 0 Å². The highest BCUT2D eigenvalue weighted by Gasteiger charge is 2.12. The molecular weight excluding hydrogens is 208 g/mol. The highest BCUT2D eigenvalue weighted by atomic mass is 16.4.